The molecular weight excluding hydrogens is 244 g/mol. The maximum Gasteiger partial charge on any atom is 0.278 e. The molecule has 1 aliphatic heterocycles. The summed E-state index contributed by atoms with van der Waals surface area (Å²) >= 11 is 0. The van der Waals surface area contributed by atoms with E-state index in [-0.39, 0.29) is 10.6 Å². The molecule has 6 heteroatoms. The Labute approximate surface area is 113 Å². The summed E-state index contributed by atoms with van der Waals surface area (Å²) in [6.07, 6.45) is 2.71. The third-order valence-electron chi connectivity index (χ3n) is 3.82. The van der Waals surface area contributed by atoms with Crippen molar-refractivity contribution in [3.8, 4) is 0 Å². The Balaban J connectivity index is 2.20. The van der Waals surface area contributed by atoms with Gasteiger partial charge in [-0.2, -0.15) is 0 Å². The minimum absolute atomic E-state index is 0.197. The highest BCUT2D eigenvalue weighted by Gasteiger charge is 2.23. The fourth-order valence-electron chi connectivity index (χ4n) is 2.59. The van der Waals surface area contributed by atoms with Gasteiger partial charge in [-0.05, 0) is 33.9 Å². The van der Waals surface area contributed by atoms with Crippen LogP contribution < -0.4 is 5.32 Å². The quantitative estimate of drug-likeness (QED) is 0.657. The first-order chi connectivity index (χ1) is 9.00. The molecule has 2 heterocycles. The van der Waals surface area contributed by atoms with Crippen LogP contribution in [0, 0.1) is 24.0 Å². The summed E-state index contributed by atoms with van der Waals surface area (Å²) in [5.74, 6) is 0. The number of nitrogens with one attached hydrogen (secondary N) is 1. The Morgan fingerprint density at radius 2 is 2.32 bits per heavy atom. The molecule has 1 unspecified atom stereocenters. The average Bonchev–Trinajstić information content (AvgIpc) is 2.86. The number of hydrogen-bond acceptors (Lipinski definition) is 5. The molecule has 1 aromatic rings. The SMILES string of the molecule is Cc1cnc(CN(C)C2CCNC2)c(C)c1[N+](=O)[O-]. The second-order valence-electron chi connectivity index (χ2n) is 5.18. The van der Waals surface area contributed by atoms with Gasteiger partial charge >= 0.3 is 0 Å². The van der Waals surface area contributed by atoms with Crippen LogP contribution in [0.3, 0.4) is 0 Å². The third kappa shape index (κ3) is 2.90. The molecule has 0 aromatic carbocycles. The average molecular weight is 264 g/mol. The standard InChI is InChI=1S/C13H20N4O2/c1-9-6-15-12(10(2)13(9)17(18)19)8-16(3)11-4-5-14-7-11/h6,11,14H,4-5,7-8H2,1-3H3. The lowest BCUT2D eigenvalue weighted by atomic mass is 10.1. The van der Waals surface area contributed by atoms with E-state index in [2.05, 4.69) is 15.2 Å². The van der Waals surface area contributed by atoms with E-state index in [9.17, 15) is 10.1 Å². The minimum Gasteiger partial charge on any atom is -0.315 e. The molecule has 1 saturated heterocycles. The maximum absolute atomic E-state index is 11.1. The minimum atomic E-state index is -0.313. The van der Waals surface area contributed by atoms with Crippen LogP contribution in [0.4, 0.5) is 5.69 Å². The zero-order chi connectivity index (χ0) is 14.0. The van der Waals surface area contributed by atoms with Crippen LogP contribution in [0.5, 0.6) is 0 Å². The summed E-state index contributed by atoms with van der Waals surface area (Å²) < 4.78 is 0. The molecule has 104 valence electrons. The summed E-state index contributed by atoms with van der Waals surface area (Å²) in [7, 11) is 2.05. The van der Waals surface area contributed by atoms with Crippen molar-refractivity contribution >= 4 is 5.69 Å². The number of nitro groups is 1. The molecular formula is C13H20N4O2. The number of aryl methyl sites for hydroxylation is 1. The Kier molecular flexibility index (Phi) is 4.11. The molecule has 0 bridgehead atoms. The molecule has 1 aromatic heterocycles. The molecule has 0 radical (unpaired) electrons. The van der Waals surface area contributed by atoms with Crippen molar-refractivity contribution in [1.29, 1.82) is 0 Å². The zero-order valence-corrected chi connectivity index (χ0v) is 11.6. The molecule has 19 heavy (non-hydrogen) atoms. The van der Waals surface area contributed by atoms with Crippen LogP contribution in [-0.2, 0) is 6.54 Å². The fourth-order valence-corrected chi connectivity index (χ4v) is 2.59. The fraction of sp³-hybridized carbons (Fsp3) is 0.615. The van der Waals surface area contributed by atoms with Gasteiger partial charge < -0.3 is 5.32 Å². The van der Waals surface area contributed by atoms with Gasteiger partial charge in [0.15, 0.2) is 0 Å². The van der Waals surface area contributed by atoms with E-state index in [1.165, 1.54) is 0 Å². The number of pyridine rings is 1. The van der Waals surface area contributed by atoms with Gasteiger partial charge in [-0.25, -0.2) is 0 Å². The highest BCUT2D eigenvalue weighted by atomic mass is 16.6. The monoisotopic (exact) mass is 264 g/mol. The lowest BCUT2D eigenvalue weighted by Crippen LogP contribution is -2.33. The summed E-state index contributed by atoms with van der Waals surface area (Å²) in [4.78, 5) is 17.4. The molecule has 2 rings (SSSR count). The number of rotatable bonds is 4. The van der Waals surface area contributed by atoms with Crippen molar-refractivity contribution in [3.05, 3.63) is 33.1 Å². The summed E-state index contributed by atoms with van der Waals surface area (Å²) in [6, 6.07) is 0.488. The molecule has 0 aliphatic carbocycles. The lowest BCUT2D eigenvalue weighted by molar-refractivity contribution is -0.386. The Bertz CT molecular complexity index is 484. The van der Waals surface area contributed by atoms with E-state index in [1.54, 1.807) is 20.0 Å². The van der Waals surface area contributed by atoms with Crippen LogP contribution >= 0.6 is 0 Å². The second-order valence-corrected chi connectivity index (χ2v) is 5.18. The van der Waals surface area contributed by atoms with Gasteiger partial charge in [-0.1, -0.05) is 0 Å². The molecule has 6 nitrogen and oxygen atoms in total. The second kappa shape index (κ2) is 5.63. The van der Waals surface area contributed by atoms with Gasteiger partial charge in [-0.15, -0.1) is 0 Å². The van der Waals surface area contributed by atoms with Crippen LogP contribution in [0.2, 0.25) is 0 Å². The Hall–Kier alpha value is -1.53. The normalized spacial score (nSPS) is 19.1. The number of hydrogen-bond donors (Lipinski definition) is 1. The van der Waals surface area contributed by atoms with Crippen molar-refractivity contribution in [1.82, 2.24) is 15.2 Å². The first-order valence-electron chi connectivity index (χ1n) is 6.51. The van der Waals surface area contributed by atoms with Crippen LogP contribution in [0.25, 0.3) is 0 Å². The largest absolute Gasteiger partial charge is 0.315 e. The number of likely N-dealkylation sites (N-methyl/N-ethyl adjacent to an activating group) is 1. The Morgan fingerprint density at radius 1 is 1.58 bits per heavy atom. The predicted molar refractivity (Wildman–Crippen MR) is 73.1 cm³/mol. The molecule has 1 atom stereocenters. The molecule has 0 saturated carbocycles. The summed E-state index contributed by atoms with van der Waals surface area (Å²) in [5, 5.41) is 14.4. The van der Waals surface area contributed by atoms with Crippen LogP contribution in [-0.4, -0.2) is 41.0 Å². The van der Waals surface area contributed by atoms with Gasteiger partial charge in [0, 0.05) is 36.5 Å². The molecule has 1 aliphatic rings. The maximum atomic E-state index is 11.1. The highest BCUT2D eigenvalue weighted by Crippen LogP contribution is 2.25. The van der Waals surface area contributed by atoms with Crippen molar-refractivity contribution in [2.75, 3.05) is 20.1 Å². The molecule has 0 spiro atoms. The van der Waals surface area contributed by atoms with Crippen LogP contribution in [0.15, 0.2) is 6.20 Å². The lowest BCUT2D eigenvalue weighted by Gasteiger charge is -2.23. The van der Waals surface area contributed by atoms with Crippen molar-refractivity contribution < 1.29 is 4.92 Å². The molecule has 1 fully saturated rings. The zero-order valence-electron chi connectivity index (χ0n) is 11.6. The first-order valence-corrected chi connectivity index (χ1v) is 6.51. The molecule has 0 amide bonds. The van der Waals surface area contributed by atoms with Crippen molar-refractivity contribution in [2.24, 2.45) is 0 Å². The number of aromatic nitrogens is 1. The van der Waals surface area contributed by atoms with Crippen LogP contribution in [0.1, 0.15) is 23.2 Å². The van der Waals surface area contributed by atoms with E-state index in [0.717, 1.165) is 25.2 Å². The topological polar surface area (TPSA) is 71.3 Å². The van der Waals surface area contributed by atoms with Gasteiger partial charge in [0.25, 0.3) is 5.69 Å². The van der Waals surface area contributed by atoms with Gasteiger partial charge in [0.05, 0.1) is 10.6 Å². The van der Waals surface area contributed by atoms with E-state index >= 15 is 0 Å². The van der Waals surface area contributed by atoms with E-state index in [1.807, 2.05) is 7.05 Å². The third-order valence-corrected chi connectivity index (χ3v) is 3.82. The van der Waals surface area contributed by atoms with Gasteiger partial charge in [0.2, 0.25) is 0 Å². The Morgan fingerprint density at radius 3 is 2.89 bits per heavy atom. The first kappa shape index (κ1) is 13.9. The van der Waals surface area contributed by atoms with E-state index in [4.69, 9.17) is 0 Å². The van der Waals surface area contributed by atoms with Gasteiger partial charge in [-0.3, -0.25) is 20.0 Å². The number of nitrogens with zero attached hydrogens (tertiary/aromatic N) is 3. The smallest absolute Gasteiger partial charge is 0.278 e. The molecule has 1 N–H and O–H groups in total. The summed E-state index contributed by atoms with van der Waals surface area (Å²) in [5.41, 5.74) is 2.30. The van der Waals surface area contributed by atoms with Crippen molar-refractivity contribution in [2.45, 2.75) is 32.9 Å². The summed E-state index contributed by atoms with van der Waals surface area (Å²) in [6.45, 7) is 6.18. The highest BCUT2D eigenvalue weighted by molar-refractivity contribution is 5.47. The predicted octanol–water partition coefficient (Wildman–Crippen LogP) is 1.40. The van der Waals surface area contributed by atoms with Crippen molar-refractivity contribution in [3.63, 3.8) is 0 Å². The van der Waals surface area contributed by atoms with E-state index in [0.29, 0.717) is 23.7 Å². The van der Waals surface area contributed by atoms with Gasteiger partial charge in [0.1, 0.15) is 0 Å². The van der Waals surface area contributed by atoms with E-state index < -0.39 is 0 Å².